The largest absolute Gasteiger partial charge is 0.388 e. The van der Waals surface area contributed by atoms with Crippen LogP contribution in [0.3, 0.4) is 0 Å². The van der Waals surface area contributed by atoms with Gasteiger partial charge < -0.3 is 20.4 Å². The Labute approximate surface area is 114 Å². The van der Waals surface area contributed by atoms with E-state index in [4.69, 9.17) is 0 Å². The van der Waals surface area contributed by atoms with Crippen LogP contribution in [0, 0.1) is 10.1 Å². The van der Waals surface area contributed by atoms with Gasteiger partial charge in [0.25, 0.3) is 11.6 Å². The molecule has 0 radical (unpaired) electrons. The number of aliphatic hydroxyl groups excluding tert-OH is 2. The molecule has 0 aromatic heterocycles. The smallest absolute Gasteiger partial charge is 0.282 e. The third-order valence-electron chi connectivity index (χ3n) is 3.26. The summed E-state index contributed by atoms with van der Waals surface area (Å²) >= 11 is 0. The molecule has 2 unspecified atom stereocenters. The van der Waals surface area contributed by atoms with Crippen LogP contribution in [0.25, 0.3) is 0 Å². The number of carbonyl (C=O) groups excluding carboxylic acids is 1. The van der Waals surface area contributed by atoms with E-state index >= 15 is 0 Å². The summed E-state index contributed by atoms with van der Waals surface area (Å²) in [6.45, 7) is -0.0815. The molecule has 2 rings (SSSR count). The third kappa shape index (κ3) is 2.56. The second-order valence-electron chi connectivity index (χ2n) is 4.58. The van der Waals surface area contributed by atoms with E-state index in [1.807, 2.05) is 0 Å². The number of hydrogen-bond acceptors (Lipinski definition) is 6. The Kier molecular flexibility index (Phi) is 3.86. The number of benzene rings is 1. The van der Waals surface area contributed by atoms with Crippen molar-refractivity contribution in [2.75, 3.05) is 25.5 Å². The zero-order valence-electron chi connectivity index (χ0n) is 10.8. The molecule has 1 aliphatic rings. The fourth-order valence-electron chi connectivity index (χ4n) is 2.13. The van der Waals surface area contributed by atoms with Gasteiger partial charge in [0.15, 0.2) is 0 Å². The fourth-order valence-corrected chi connectivity index (χ4v) is 2.13. The summed E-state index contributed by atoms with van der Waals surface area (Å²) in [7, 11) is 1.64. The predicted octanol–water partition coefficient (Wildman–Crippen LogP) is -0.186. The number of nitro benzene ring substituents is 1. The van der Waals surface area contributed by atoms with E-state index in [0.29, 0.717) is 5.69 Å². The topological polar surface area (TPSA) is 116 Å². The summed E-state index contributed by atoms with van der Waals surface area (Å²) in [6, 6.07) is 4.14. The molecular weight excluding hydrogens is 266 g/mol. The number of carbonyl (C=O) groups is 1. The molecule has 8 nitrogen and oxygen atoms in total. The standard InChI is InChI=1S/C12H15N3O5/c1-13-7-2-3-9(15(19)20)8(4-7)12(18)14-5-10(16)11(17)6-14/h2-4,10-11,13,16-17H,5-6H2,1H3. The highest BCUT2D eigenvalue weighted by Crippen LogP contribution is 2.25. The maximum Gasteiger partial charge on any atom is 0.282 e. The van der Waals surface area contributed by atoms with Crippen molar-refractivity contribution in [1.82, 2.24) is 4.90 Å². The van der Waals surface area contributed by atoms with Gasteiger partial charge in [-0.15, -0.1) is 0 Å². The number of aliphatic hydroxyl groups is 2. The summed E-state index contributed by atoms with van der Waals surface area (Å²) in [5, 5.41) is 32.7. The zero-order chi connectivity index (χ0) is 14.9. The summed E-state index contributed by atoms with van der Waals surface area (Å²) in [5.41, 5.74) is 0.201. The predicted molar refractivity (Wildman–Crippen MR) is 70.6 cm³/mol. The first-order valence-electron chi connectivity index (χ1n) is 6.05. The van der Waals surface area contributed by atoms with Gasteiger partial charge in [0.1, 0.15) is 5.56 Å². The molecule has 1 fully saturated rings. The highest BCUT2D eigenvalue weighted by molar-refractivity contribution is 5.99. The molecule has 0 spiro atoms. The minimum absolute atomic E-state index is 0.0407. The summed E-state index contributed by atoms with van der Waals surface area (Å²) in [5.74, 6) is -0.579. The molecule has 3 N–H and O–H groups in total. The maximum atomic E-state index is 12.3. The molecular formula is C12H15N3O5. The van der Waals surface area contributed by atoms with Crippen molar-refractivity contribution in [3.8, 4) is 0 Å². The fraction of sp³-hybridized carbons (Fsp3) is 0.417. The van der Waals surface area contributed by atoms with E-state index < -0.39 is 23.0 Å². The number of amides is 1. The lowest BCUT2D eigenvalue weighted by Crippen LogP contribution is -2.30. The average Bonchev–Trinajstić information content (AvgIpc) is 2.77. The quantitative estimate of drug-likeness (QED) is 0.522. The van der Waals surface area contributed by atoms with Gasteiger partial charge in [-0.05, 0) is 12.1 Å². The monoisotopic (exact) mass is 281 g/mol. The molecule has 1 aromatic rings. The number of hydrogen-bond donors (Lipinski definition) is 3. The molecule has 1 aliphatic heterocycles. The highest BCUT2D eigenvalue weighted by Gasteiger charge is 2.35. The van der Waals surface area contributed by atoms with Crippen LogP contribution in [0.5, 0.6) is 0 Å². The minimum atomic E-state index is -1.02. The normalized spacial score (nSPS) is 21.9. The third-order valence-corrected chi connectivity index (χ3v) is 3.26. The van der Waals surface area contributed by atoms with Crippen molar-refractivity contribution in [1.29, 1.82) is 0 Å². The van der Waals surface area contributed by atoms with Gasteiger partial charge in [-0.25, -0.2) is 0 Å². The van der Waals surface area contributed by atoms with Crippen molar-refractivity contribution in [2.45, 2.75) is 12.2 Å². The first-order chi connectivity index (χ1) is 9.43. The van der Waals surface area contributed by atoms with E-state index in [1.54, 1.807) is 7.05 Å². The molecule has 20 heavy (non-hydrogen) atoms. The van der Waals surface area contributed by atoms with E-state index in [2.05, 4.69) is 5.32 Å². The lowest BCUT2D eigenvalue weighted by molar-refractivity contribution is -0.385. The van der Waals surface area contributed by atoms with Crippen LogP contribution in [-0.4, -0.2) is 58.3 Å². The van der Waals surface area contributed by atoms with Crippen molar-refractivity contribution in [2.24, 2.45) is 0 Å². The van der Waals surface area contributed by atoms with Gasteiger partial charge >= 0.3 is 0 Å². The SMILES string of the molecule is CNc1ccc([N+](=O)[O-])c(C(=O)N2CC(O)C(O)C2)c1. The van der Waals surface area contributed by atoms with Gasteiger partial charge in [0, 0.05) is 31.9 Å². The molecule has 8 heteroatoms. The van der Waals surface area contributed by atoms with Crippen LogP contribution in [0.4, 0.5) is 11.4 Å². The molecule has 0 saturated carbocycles. The molecule has 1 heterocycles. The number of anilines is 1. The Morgan fingerprint density at radius 1 is 1.40 bits per heavy atom. The Bertz CT molecular complexity index is 538. The lowest BCUT2D eigenvalue weighted by Gasteiger charge is -2.16. The first kappa shape index (κ1) is 14.2. The second kappa shape index (κ2) is 5.43. The number of nitrogens with one attached hydrogen (secondary N) is 1. The van der Waals surface area contributed by atoms with Gasteiger partial charge in [0.2, 0.25) is 0 Å². The van der Waals surface area contributed by atoms with Crippen LogP contribution >= 0.6 is 0 Å². The number of nitro groups is 1. The lowest BCUT2D eigenvalue weighted by atomic mass is 10.1. The van der Waals surface area contributed by atoms with Gasteiger partial charge in [-0.2, -0.15) is 0 Å². The Hall–Kier alpha value is -2.19. The van der Waals surface area contributed by atoms with Crippen LogP contribution in [0.15, 0.2) is 18.2 Å². The van der Waals surface area contributed by atoms with Crippen LogP contribution < -0.4 is 5.32 Å². The Morgan fingerprint density at radius 2 is 2.00 bits per heavy atom. The van der Waals surface area contributed by atoms with E-state index in [0.717, 1.165) is 0 Å². The summed E-state index contributed by atoms with van der Waals surface area (Å²) in [4.78, 5) is 23.9. The van der Waals surface area contributed by atoms with Crippen molar-refractivity contribution < 1.29 is 19.9 Å². The van der Waals surface area contributed by atoms with E-state index in [9.17, 15) is 25.1 Å². The molecule has 108 valence electrons. The van der Waals surface area contributed by atoms with Crippen LogP contribution in [0.2, 0.25) is 0 Å². The van der Waals surface area contributed by atoms with Crippen molar-refractivity contribution >= 4 is 17.3 Å². The summed E-state index contributed by atoms with van der Waals surface area (Å²) in [6.07, 6.45) is -2.05. The molecule has 1 saturated heterocycles. The van der Waals surface area contributed by atoms with Gasteiger partial charge in [0.05, 0.1) is 17.1 Å². The van der Waals surface area contributed by atoms with E-state index in [1.165, 1.54) is 23.1 Å². The Balaban J connectivity index is 2.35. The Morgan fingerprint density at radius 3 is 2.50 bits per heavy atom. The summed E-state index contributed by atoms with van der Waals surface area (Å²) < 4.78 is 0. The molecule has 2 atom stereocenters. The van der Waals surface area contributed by atoms with E-state index in [-0.39, 0.29) is 24.3 Å². The van der Waals surface area contributed by atoms with Crippen LogP contribution in [0.1, 0.15) is 10.4 Å². The zero-order valence-corrected chi connectivity index (χ0v) is 10.8. The maximum absolute atomic E-state index is 12.3. The number of β-amino-alcohol motifs (C(OH)–C–C–N with tert-alkyl or cyclic N) is 2. The van der Waals surface area contributed by atoms with Crippen molar-refractivity contribution in [3.63, 3.8) is 0 Å². The van der Waals surface area contributed by atoms with Gasteiger partial charge in [-0.3, -0.25) is 14.9 Å². The molecule has 1 aromatic carbocycles. The van der Waals surface area contributed by atoms with Crippen LogP contribution in [-0.2, 0) is 0 Å². The second-order valence-corrected chi connectivity index (χ2v) is 4.58. The number of rotatable bonds is 3. The number of likely N-dealkylation sites (tertiary alicyclic amines) is 1. The van der Waals surface area contributed by atoms with Crippen molar-refractivity contribution in [3.05, 3.63) is 33.9 Å². The highest BCUT2D eigenvalue weighted by atomic mass is 16.6. The van der Waals surface area contributed by atoms with Gasteiger partial charge in [-0.1, -0.05) is 0 Å². The molecule has 0 bridgehead atoms. The number of nitrogens with zero attached hydrogens (tertiary/aromatic N) is 2. The minimum Gasteiger partial charge on any atom is -0.388 e. The average molecular weight is 281 g/mol. The molecule has 1 amide bonds. The molecule has 0 aliphatic carbocycles. The first-order valence-corrected chi connectivity index (χ1v) is 6.05.